The maximum Gasteiger partial charge on any atom is 0.455 e. The molecule has 5 rings (SSSR count). The minimum absolute atomic E-state index is 0.01000. The lowest BCUT2D eigenvalue weighted by molar-refractivity contribution is -0.143. The molecule has 0 spiro atoms. The number of aromatic hydroxyl groups is 1. The van der Waals surface area contributed by atoms with E-state index in [1.807, 2.05) is 26.0 Å². The zero-order chi connectivity index (χ0) is 28.0. The molecule has 2 heterocycles. The highest BCUT2D eigenvalue weighted by Gasteiger charge is 2.58. The molecule has 1 saturated carbocycles. The van der Waals surface area contributed by atoms with Gasteiger partial charge in [0.05, 0.1) is 17.9 Å². The molecule has 4 aliphatic rings. The second-order valence-corrected chi connectivity index (χ2v) is 12.8. The number of aryl methyl sites for hydroxylation is 2. The lowest BCUT2D eigenvalue weighted by atomic mass is 9.57. The Hall–Kier alpha value is -2.38. The quantitative estimate of drug-likeness (QED) is 0.267. The summed E-state index contributed by atoms with van der Waals surface area (Å²) < 4.78 is 6.17. The van der Waals surface area contributed by atoms with Gasteiger partial charge in [0, 0.05) is 6.04 Å². The molecular weight excluding hydrogens is 489 g/mol. The number of phenolic OH excluding ortho intramolecular Hbond substituents is 1. The number of nitrogens with zero attached hydrogens (tertiary/aromatic N) is 1. The number of rotatable bonds is 6. The maximum absolute atomic E-state index is 13.9. The smallest absolute Gasteiger partial charge is 0.455 e. The third-order valence-electron chi connectivity index (χ3n) is 9.64. The van der Waals surface area contributed by atoms with Crippen LogP contribution in [0.3, 0.4) is 0 Å². The molecule has 4 atom stereocenters. The molecule has 0 aromatic heterocycles. The van der Waals surface area contributed by atoms with Crippen LogP contribution >= 0.6 is 0 Å². The zero-order valence-electron chi connectivity index (χ0n) is 24.2. The predicted molar refractivity (Wildman–Crippen MR) is 154 cm³/mol. The van der Waals surface area contributed by atoms with Crippen molar-refractivity contribution in [3.05, 3.63) is 45.5 Å². The van der Waals surface area contributed by atoms with E-state index in [2.05, 4.69) is 26.8 Å². The molecule has 39 heavy (non-hydrogen) atoms. The van der Waals surface area contributed by atoms with Crippen LogP contribution in [0.25, 0.3) is 6.08 Å². The fourth-order valence-electron chi connectivity index (χ4n) is 7.76. The first-order chi connectivity index (χ1) is 18.6. The van der Waals surface area contributed by atoms with Gasteiger partial charge in [0.1, 0.15) is 5.75 Å². The Morgan fingerprint density at radius 3 is 2.41 bits per heavy atom. The van der Waals surface area contributed by atoms with Crippen molar-refractivity contribution < 1.29 is 24.4 Å². The number of carbonyl (C=O) groups is 2. The lowest BCUT2D eigenvalue weighted by Gasteiger charge is -2.44. The van der Waals surface area contributed by atoms with Gasteiger partial charge in [-0.15, -0.1) is 0 Å². The van der Waals surface area contributed by atoms with Crippen molar-refractivity contribution in [1.82, 2.24) is 4.90 Å². The summed E-state index contributed by atoms with van der Waals surface area (Å²) >= 11 is 0. The monoisotopic (exact) mass is 533 g/mol. The number of hydrogen-bond acceptors (Lipinski definition) is 5. The number of benzene rings is 1. The van der Waals surface area contributed by atoms with E-state index in [-0.39, 0.29) is 47.6 Å². The Morgan fingerprint density at radius 2 is 1.77 bits per heavy atom. The van der Waals surface area contributed by atoms with E-state index in [0.717, 1.165) is 48.8 Å². The molecule has 0 bridgehead atoms. The summed E-state index contributed by atoms with van der Waals surface area (Å²) in [4.78, 5) is 29.2. The molecular formula is C32H44BNO5. The molecule has 0 radical (unpaired) electrons. The summed E-state index contributed by atoms with van der Waals surface area (Å²) in [7, 11) is -0.936. The Labute approximate surface area is 233 Å². The summed E-state index contributed by atoms with van der Waals surface area (Å²) in [6.45, 7) is 10.3. The average molecular weight is 534 g/mol. The first kappa shape index (κ1) is 28.2. The fourth-order valence-corrected chi connectivity index (χ4v) is 7.76. The zero-order valence-corrected chi connectivity index (χ0v) is 24.2. The van der Waals surface area contributed by atoms with Crippen LogP contribution in [0.2, 0.25) is 6.32 Å². The van der Waals surface area contributed by atoms with E-state index >= 15 is 0 Å². The summed E-state index contributed by atoms with van der Waals surface area (Å²) in [5.74, 6) is -0.236. The molecule has 2 saturated heterocycles. The number of carbonyl (C=O) groups excluding carboxylic acids is 2. The number of imide groups is 1. The van der Waals surface area contributed by atoms with Crippen LogP contribution in [0.1, 0.15) is 88.8 Å². The van der Waals surface area contributed by atoms with Gasteiger partial charge in [-0.3, -0.25) is 14.5 Å². The van der Waals surface area contributed by atoms with Crippen molar-refractivity contribution in [2.24, 2.45) is 23.7 Å². The van der Waals surface area contributed by atoms with Crippen molar-refractivity contribution >= 4 is 25.0 Å². The van der Waals surface area contributed by atoms with E-state index in [1.54, 1.807) is 4.90 Å². The van der Waals surface area contributed by atoms with Crippen molar-refractivity contribution in [3.8, 4) is 5.75 Å². The van der Waals surface area contributed by atoms with Crippen molar-refractivity contribution in [1.29, 1.82) is 0 Å². The second kappa shape index (κ2) is 11.2. The maximum atomic E-state index is 13.9. The topological polar surface area (TPSA) is 87.1 Å². The first-order valence-corrected chi connectivity index (χ1v) is 15.0. The first-order valence-electron chi connectivity index (χ1n) is 15.0. The normalized spacial score (nSPS) is 28.4. The van der Waals surface area contributed by atoms with Crippen LogP contribution in [0.15, 0.2) is 28.9 Å². The van der Waals surface area contributed by atoms with Crippen LogP contribution in [-0.2, 0) is 14.2 Å². The van der Waals surface area contributed by atoms with Crippen LogP contribution < -0.4 is 0 Å². The second-order valence-electron chi connectivity index (χ2n) is 12.8. The van der Waals surface area contributed by atoms with Gasteiger partial charge >= 0.3 is 7.12 Å². The third kappa shape index (κ3) is 5.37. The standard InChI is InChI=1S/C32H44BNO5/c1-18(2)24-16-25-29(32(37)34(31(25)36)23-9-7-6-8-10-23)26-17-33(38)39-27(28(24)26)12-11-19(3)13-22-14-20(4)30(35)21(5)15-22/h13-15,18,23,25-27,29,35,38H,6-12,16-17H2,1-5H3/b19-13+/t25-,26+,27-,29-/m1/s1. The molecule has 2 aliphatic heterocycles. The lowest BCUT2D eigenvalue weighted by Crippen LogP contribution is -2.47. The van der Waals surface area contributed by atoms with Crippen LogP contribution in [0.5, 0.6) is 5.75 Å². The van der Waals surface area contributed by atoms with Gasteiger partial charge in [0.2, 0.25) is 11.8 Å². The van der Waals surface area contributed by atoms with E-state index < -0.39 is 7.12 Å². The average Bonchev–Trinajstić information content (AvgIpc) is 3.15. The molecule has 6 nitrogen and oxygen atoms in total. The summed E-state index contributed by atoms with van der Waals surface area (Å²) in [5.41, 5.74) is 6.39. The highest BCUT2D eigenvalue weighted by molar-refractivity contribution is 6.43. The Bertz CT molecular complexity index is 1170. The Morgan fingerprint density at radius 1 is 1.10 bits per heavy atom. The van der Waals surface area contributed by atoms with Crippen molar-refractivity contribution in [2.75, 3.05) is 0 Å². The van der Waals surface area contributed by atoms with Crippen LogP contribution in [0, 0.1) is 37.5 Å². The van der Waals surface area contributed by atoms with E-state index in [0.29, 0.717) is 24.9 Å². The van der Waals surface area contributed by atoms with Crippen molar-refractivity contribution in [3.63, 3.8) is 0 Å². The van der Waals surface area contributed by atoms with Gasteiger partial charge in [-0.2, -0.15) is 0 Å². The van der Waals surface area contributed by atoms with Crippen LogP contribution in [0.4, 0.5) is 0 Å². The Kier molecular flexibility index (Phi) is 8.12. The van der Waals surface area contributed by atoms with Gasteiger partial charge in [-0.05, 0) is 105 Å². The van der Waals surface area contributed by atoms with Crippen molar-refractivity contribution in [2.45, 2.75) is 104 Å². The minimum Gasteiger partial charge on any atom is -0.507 e. The van der Waals surface area contributed by atoms with Gasteiger partial charge in [-0.1, -0.05) is 50.3 Å². The molecule has 2 aliphatic carbocycles. The van der Waals surface area contributed by atoms with E-state index in [4.69, 9.17) is 4.65 Å². The molecule has 7 heteroatoms. The third-order valence-corrected chi connectivity index (χ3v) is 9.64. The summed E-state index contributed by atoms with van der Waals surface area (Å²) in [6, 6.07) is 4.02. The summed E-state index contributed by atoms with van der Waals surface area (Å²) in [5, 5.41) is 20.9. The Balaban J connectivity index is 1.40. The number of phenols is 1. The van der Waals surface area contributed by atoms with E-state index in [1.165, 1.54) is 23.1 Å². The molecule has 0 unspecified atom stereocenters. The molecule has 1 aromatic rings. The fraction of sp³-hybridized carbons (Fsp3) is 0.625. The van der Waals surface area contributed by atoms with Gasteiger partial charge in [0.15, 0.2) is 0 Å². The number of hydrogen-bond donors (Lipinski definition) is 2. The molecule has 1 aromatic carbocycles. The van der Waals surface area contributed by atoms with Crippen LogP contribution in [-0.4, -0.2) is 46.1 Å². The largest absolute Gasteiger partial charge is 0.507 e. The number of amides is 2. The van der Waals surface area contributed by atoms with Gasteiger partial charge in [0.25, 0.3) is 0 Å². The molecule has 210 valence electrons. The van der Waals surface area contributed by atoms with E-state index in [9.17, 15) is 19.7 Å². The molecule has 2 amide bonds. The molecule has 2 N–H and O–H groups in total. The number of fused-ring (bicyclic) bond motifs is 3. The predicted octanol–water partition coefficient (Wildman–Crippen LogP) is 5.98. The highest BCUT2D eigenvalue weighted by atomic mass is 16.5. The SMILES string of the molecule is C/C(=C\c1cc(C)c(O)c(C)c1)CC[C@H]1OB(O)C[C@H]2C1=C(C(C)C)C[C@H]1C(=O)N(C3CCCCC3)C(=O)[C@H]12. The highest BCUT2D eigenvalue weighted by Crippen LogP contribution is 2.52. The molecule has 3 fully saturated rings. The summed E-state index contributed by atoms with van der Waals surface area (Å²) in [6.07, 6.45) is 9.53. The number of allylic oxidation sites excluding steroid dienone is 2. The van der Waals surface area contributed by atoms with Gasteiger partial charge < -0.3 is 14.8 Å². The number of likely N-dealkylation sites (tertiary alicyclic amines) is 1. The van der Waals surface area contributed by atoms with Gasteiger partial charge in [-0.25, -0.2) is 0 Å². The minimum atomic E-state index is -0.936.